The standard InChI is InChI=1S/C20H26ClN3O3/c1-14(27-17-7-5-6-16(21)11-17)12-23-20(22-2)24-13-15-8-9-18(25-3)19(10-15)26-4/h5-11,14H,12-13H2,1-4H3,(H2,22,23,24). The Balaban J connectivity index is 1.83. The zero-order valence-electron chi connectivity index (χ0n) is 16.1. The second kappa shape index (κ2) is 10.5. The molecule has 0 fully saturated rings. The fraction of sp³-hybridized carbons (Fsp3) is 0.350. The van der Waals surface area contributed by atoms with Gasteiger partial charge >= 0.3 is 0 Å². The van der Waals surface area contributed by atoms with E-state index in [-0.39, 0.29) is 6.10 Å². The fourth-order valence-corrected chi connectivity index (χ4v) is 2.63. The molecule has 0 aliphatic rings. The van der Waals surface area contributed by atoms with E-state index in [1.165, 1.54) is 0 Å². The lowest BCUT2D eigenvalue weighted by Gasteiger charge is -2.18. The maximum absolute atomic E-state index is 5.98. The van der Waals surface area contributed by atoms with Gasteiger partial charge in [0.25, 0.3) is 0 Å². The zero-order valence-corrected chi connectivity index (χ0v) is 16.8. The minimum atomic E-state index is -0.0527. The lowest BCUT2D eigenvalue weighted by atomic mass is 10.2. The van der Waals surface area contributed by atoms with Gasteiger partial charge in [0.1, 0.15) is 11.9 Å². The van der Waals surface area contributed by atoms with Crippen LogP contribution in [-0.2, 0) is 6.54 Å². The van der Waals surface area contributed by atoms with E-state index >= 15 is 0 Å². The van der Waals surface area contributed by atoms with Crippen molar-refractivity contribution in [1.82, 2.24) is 10.6 Å². The largest absolute Gasteiger partial charge is 0.493 e. The molecule has 0 saturated carbocycles. The van der Waals surface area contributed by atoms with Crippen LogP contribution in [0.4, 0.5) is 0 Å². The molecule has 0 aliphatic carbocycles. The quantitative estimate of drug-likeness (QED) is 0.532. The lowest BCUT2D eigenvalue weighted by Crippen LogP contribution is -2.41. The van der Waals surface area contributed by atoms with E-state index in [1.54, 1.807) is 27.3 Å². The summed E-state index contributed by atoms with van der Waals surface area (Å²) in [5.41, 5.74) is 1.05. The lowest BCUT2D eigenvalue weighted by molar-refractivity contribution is 0.224. The van der Waals surface area contributed by atoms with E-state index in [2.05, 4.69) is 15.6 Å². The minimum absolute atomic E-state index is 0.0527. The van der Waals surface area contributed by atoms with Crippen molar-refractivity contribution in [3.63, 3.8) is 0 Å². The second-order valence-electron chi connectivity index (χ2n) is 5.88. The number of benzene rings is 2. The van der Waals surface area contributed by atoms with E-state index in [9.17, 15) is 0 Å². The molecule has 0 saturated heterocycles. The van der Waals surface area contributed by atoms with Gasteiger partial charge < -0.3 is 24.8 Å². The van der Waals surface area contributed by atoms with E-state index in [0.29, 0.717) is 35.6 Å². The third kappa shape index (κ3) is 6.57. The van der Waals surface area contributed by atoms with Crippen molar-refractivity contribution < 1.29 is 14.2 Å². The summed E-state index contributed by atoms with van der Waals surface area (Å²) in [4.78, 5) is 4.23. The van der Waals surface area contributed by atoms with Crippen molar-refractivity contribution in [2.75, 3.05) is 27.8 Å². The number of aliphatic imine (C=N–C) groups is 1. The summed E-state index contributed by atoms with van der Waals surface area (Å²) < 4.78 is 16.4. The summed E-state index contributed by atoms with van der Waals surface area (Å²) in [7, 11) is 4.97. The van der Waals surface area contributed by atoms with Gasteiger partial charge in [0, 0.05) is 18.6 Å². The summed E-state index contributed by atoms with van der Waals surface area (Å²) in [6, 6.07) is 13.1. The number of hydrogen-bond acceptors (Lipinski definition) is 4. The van der Waals surface area contributed by atoms with Gasteiger partial charge in [-0.2, -0.15) is 0 Å². The topological polar surface area (TPSA) is 64.1 Å². The average molecular weight is 392 g/mol. The Labute approximate surface area is 165 Å². The van der Waals surface area contributed by atoms with Crippen molar-refractivity contribution in [3.05, 3.63) is 53.1 Å². The Morgan fingerprint density at radius 2 is 1.85 bits per heavy atom. The molecule has 0 aliphatic heterocycles. The summed E-state index contributed by atoms with van der Waals surface area (Å²) in [5.74, 6) is 2.83. The number of nitrogens with zero attached hydrogens (tertiary/aromatic N) is 1. The number of guanidine groups is 1. The predicted molar refractivity (Wildman–Crippen MR) is 109 cm³/mol. The molecule has 1 unspecified atom stereocenters. The van der Waals surface area contributed by atoms with E-state index in [4.69, 9.17) is 25.8 Å². The van der Waals surface area contributed by atoms with Crippen LogP contribution in [0, 0.1) is 0 Å². The molecule has 0 heterocycles. The highest BCUT2D eigenvalue weighted by Gasteiger charge is 2.08. The van der Waals surface area contributed by atoms with Crippen molar-refractivity contribution in [2.24, 2.45) is 4.99 Å². The number of nitrogens with one attached hydrogen (secondary N) is 2. The van der Waals surface area contributed by atoms with Crippen LogP contribution in [0.3, 0.4) is 0 Å². The average Bonchev–Trinajstić information content (AvgIpc) is 2.67. The molecule has 2 N–H and O–H groups in total. The second-order valence-corrected chi connectivity index (χ2v) is 6.32. The van der Waals surface area contributed by atoms with Crippen LogP contribution in [0.15, 0.2) is 47.5 Å². The van der Waals surface area contributed by atoms with Gasteiger partial charge in [-0.25, -0.2) is 0 Å². The number of methoxy groups -OCH3 is 2. The monoisotopic (exact) mass is 391 g/mol. The smallest absolute Gasteiger partial charge is 0.191 e. The summed E-state index contributed by atoms with van der Waals surface area (Å²) in [6.07, 6.45) is -0.0527. The van der Waals surface area contributed by atoms with Crippen LogP contribution in [0.25, 0.3) is 0 Å². The maximum Gasteiger partial charge on any atom is 0.191 e. The maximum atomic E-state index is 5.98. The number of halogens is 1. The van der Waals surface area contributed by atoms with Gasteiger partial charge in [0.15, 0.2) is 17.5 Å². The van der Waals surface area contributed by atoms with Gasteiger partial charge in [-0.3, -0.25) is 4.99 Å². The van der Waals surface area contributed by atoms with E-state index < -0.39 is 0 Å². The molecule has 2 aromatic rings. The predicted octanol–water partition coefficient (Wildman–Crippen LogP) is 3.49. The third-order valence-electron chi connectivity index (χ3n) is 3.82. The first kappa shape index (κ1) is 20.7. The molecule has 2 rings (SSSR count). The number of rotatable bonds is 8. The Bertz CT molecular complexity index is 768. The SMILES string of the molecule is CN=C(NCc1ccc(OC)c(OC)c1)NCC(C)Oc1cccc(Cl)c1. The number of ether oxygens (including phenoxy) is 3. The summed E-state index contributed by atoms with van der Waals surface area (Å²) in [5, 5.41) is 7.17. The molecule has 146 valence electrons. The molecule has 2 aromatic carbocycles. The van der Waals surface area contributed by atoms with Crippen LogP contribution >= 0.6 is 11.6 Å². The molecule has 0 amide bonds. The van der Waals surface area contributed by atoms with Crippen LogP contribution in [0.5, 0.6) is 17.2 Å². The molecule has 0 spiro atoms. The first-order valence-electron chi connectivity index (χ1n) is 8.63. The van der Waals surface area contributed by atoms with Crippen molar-refractivity contribution in [3.8, 4) is 17.2 Å². The van der Waals surface area contributed by atoms with Crippen molar-refractivity contribution >= 4 is 17.6 Å². The Hall–Kier alpha value is -2.60. The first-order chi connectivity index (χ1) is 13.0. The van der Waals surface area contributed by atoms with Crippen LogP contribution < -0.4 is 24.8 Å². The molecule has 0 radical (unpaired) electrons. The molecule has 0 bridgehead atoms. The molecular weight excluding hydrogens is 366 g/mol. The molecule has 7 heteroatoms. The highest BCUT2D eigenvalue weighted by Crippen LogP contribution is 2.27. The van der Waals surface area contributed by atoms with E-state index in [0.717, 1.165) is 11.3 Å². The Morgan fingerprint density at radius 1 is 1.07 bits per heavy atom. The van der Waals surface area contributed by atoms with E-state index in [1.807, 2.05) is 43.3 Å². The highest BCUT2D eigenvalue weighted by atomic mass is 35.5. The van der Waals surface area contributed by atoms with Crippen LogP contribution in [0.1, 0.15) is 12.5 Å². The van der Waals surface area contributed by atoms with Crippen molar-refractivity contribution in [2.45, 2.75) is 19.6 Å². The fourth-order valence-electron chi connectivity index (χ4n) is 2.45. The van der Waals surface area contributed by atoms with Gasteiger partial charge in [-0.1, -0.05) is 23.7 Å². The minimum Gasteiger partial charge on any atom is -0.493 e. The Morgan fingerprint density at radius 3 is 2.52 bits per heavy atom. The third-order valence-corrected chi connectivity index (χ3v) is 4.06. The molecular formula is C20H26ClN3O3. The Kier molecular flexibility index (Phi) is 8.07. The van der Waals surface area contributed by atoms with Gasteiger partial charge in [-0.05, 0) is 42.8 Å². The number of hydrogen-bond donors (Lipinski definition) is 2. The molecule has 1 atom stereocenters. The summed E-state index contributed by atoms with van der Waals surface area (Å²) in [6.45, 7) is 3.18. The van der Waals surface area contributed by atoms with Gasteiger partial charge in [-0.15, -0.1) is 0 Å². The van der Waals surface area contributed by atoms with Gasteiger partial charge in [0.2, 0.25) is 0 Å². The van der Waals surface area contributed by atoms with Crippen LogP contribution in [-0.4, -0.2) is 39.9 Å². The molecule has 0 aromatic heterocycles. The van der Waals surface area contributed by atoms with Crippen LogP contribution in [0.2, 0.25) is 5.02 Å². The molecule has 27 heavy (non-hydrogen) atoms. The highest BCUT2D eigenvalue weighted by molar-refractivity contribution is 6.30. The summed E-state index contributed by atoms with van der Waals surface area (Å²) >= 11 is 5.98. The normalized spacial score (nSPS) is 12.3. The first-order valence-corrected chi connectivity index (χ1v) is 9.01. The molecule has 6 nitrogen and oxygen atoms in total. The van der Waals surface area contributed by atoms with Gasteiger partial charge in [0.05, 0.1) is 20.8 Å². The zero-order chi connectivity index (χ0) is 19.6. The van der Waals surface area contributed by atoms with Crippen molar-refractivity contribution in [1.29, 1.82) is 0 Å².